The van der Waals surface area contributed by atoms with E-state index in [1.165, 1.54) is 28.6 Å². The van der Waals surface area contributed by atoms with Crippen LogP contribution < -0.4 is 5.84 Å². The van der Waals surface area contributed by atoms with Gasteiger partial charge in [-0.05, 0) is 37.0 Å². The Bertz CT molecular complexity index is 988. The van der Waals surface area contributed by atoms with Gasteiger partial charge in [0.2, 0.25) is 11.1 Å². The zero-order chi connectivity index (χ0) is 20.2. The van der Waals surface area contributed by atoms with Crippen LogP contribution >= 0.6 is 11.8 Å². The molecule has 0 radical (unpaired) electrons. The molecule has 0 aliphatic carbocycles. The number of thioether (sulfide) groups is 1. The summed E-state index contributed by atoms with van der Waals surface area (Å²) < 4.78 is 14.9. The number of nitrogens with zero attached hydrogens (tertiary/aromatic N) is 4. The lowest BCUT2D eigenvalue weighted by Gasteiger charge is -2.30. The summed E-state index contributed by atoms with van der Waals surface area (Å²) in [4.78, 5) is 15.2. The molecule has 0 unspecified atom stereocenters. The van der Waals surface area contributed by atoms with Crippen molar-refractivity contribution < 1.29 is 9.18 Å². The van der Waals surface area contributed by atoms with E-state index in [4.69, 9.17) is 5.84 Å². The molecule has 3 aromatic rings. The van der Waals surface area contributed by atoms with Crippen LogP contribution in [0.3, 0.4) is 0 Å². The molecule has 0 saturated carbocycles. The first-order valence-corrected chi connectivity index (χ1v) is 10.5. The number of benzene rings is 2. The highest BCUT2D eigenvalue weighted by Crippen LogP contribution is 2.37. The van der Waals surface area contributed by atoms with Crippen molar-refractivity contribution in [1.82, 2.24) is 19.8 Å². The molecular weight excluding hydrogens is 389 g/mol. The van der Waals surface area contributed by atoms with E-state index in [-0.39, 0.29) is 11.7 Å². The van der Waals surface area contributed by atoms with Gasteiger partial charge in [0.05, 0.1) is 0 Å². The monoisotopic (exact) mass is 411 g/mol. The Labute approximate surface area is 172 Å². The highest BCUT2D eigenvalue weighted by Gasteiger charge is 2.30. The summed E-state index contributed by atoms with van der Waals surface area (Å²) in [5.74, 6) is 6.24. The first-order chi connectivity index (χ1) is 14.1. The van der Waals surface area contributed by atoms with Crippen LogP contribution in [0.1, 0.15) is 30.1 Å². The van der Waals surface area contributed by atoms with Gasteiger partial charge in [-0.1, -0.05) is 54.2 Å². The Morgan fingerprint density at radius 2 is 1.79 bits per heavy atom. The lowest BCUT2D eigenvalue weighted by Crippen LogP contribution is -2.38. The third kappa shape index (κ3) is 4.27. The highest BCUT2D eigenvalue weighted by molar-refractivity contribution is 8.00. The number of halogens is 1. The van der Waals surface area contributed by atoms with E-state index in [1.807, 2.05) is 35.2 Å². The van der Waals surface area contributed by atoms with E-state index in [1.54, 1.807) is 12.1 Å². The molecule has 2 N–H and O–H groups in total. The molecule has 150 valence electrons. The van der Waals surface area contributed by atoms with Crippen LogP contribution in [0.25, 0.3) is 11.4 Å². The molecule has 2 aromatic carbocycles. The van der Waals surface area contributed by atoms with Crippen LogP contribution in [-0.2, 0) is 4.79 Å². The summed E-state index contributed by atoms with van der Waals surface area (Å²) in [5.41, 5.74) is 1.42. The van der Waals surface area contributed by atoms with E-state index in [9.17, 15) is 9.18 Å². The highest BCUT2D eigenvalue weighted by atomic mass is 32.2. The maximum atomic E-state index is 13.6. The van der Waals surface area contributed by atoms with Crippen LogP contribution in [-0.4, -0.2) is 38.8 Å². The molecule has 1 aromatic heterocycles. The quantitative estimate of drug-likeness (QED) is 0.512. The molecule has 1 aliphatic heterocycles. The van der Waals surface area contributed by atoms with Gasteiger partial charge in [0.25, 0.3) is 0 Å². The van der Waals surface area contributed by atoms with Crippen molar-refractivity contribution in [3.8, 4) is 11.4 Å². The molecule has 0 spiro atoms. The number of carbonyl (C=O) groups excluding carboxylic acids is 1. The molecular formula is C21H22FN5OS. The fraction of sp³-hybridized carbons (Fsp3) is 0.286. The van der Waals surface area contributed by atoms with E-state index in [0.717, 1.165) is 37.9 Å². The molecule has 4 rings (SSSR count). The van der Waals surface area contributed by atoms with Crippen LogP contribution in [0.4, 0.5) is 4.39 Å². The summed E-state index contributed by atoms with van der Waals surface area (Å²) >= 11 is 1.27. The second-order valence-corrected chi connectivity index (χ2v) is 8.05. The standard InChI is InChI=1S/C21H22FN5OS/c22-17-11-7-10-16(14-17)19-24-25-21(27(19)23)29-18(15-8-3-1-4-9-15)20(28)26-12-5-2-6-13-26/h1,3-4,7-11,14,18H,2,5-6,12-13,23H2/t18-/m0/s1. The summed E-state index contributed by atoms with van der Waals surface area (Å²) in [6.07, 6.45) is 3.20. The Morgan fingerprint density at radius 1 is 1.03 bits per heavy atom. The minimum Gasteiger partial charge on any atom is -0.341 e. The average molecular weight is 412 g/mol. The molecule has 1 fully saturated rings. The normalized spacial score (nSPS) is 15.3. The Kier molecular flexibility index (Phi) is 5.80. The fourth-order valence-corrected chi connectivity index (χ4v) is 4.50. The maximum Gasteiger partial charge on any atom is 0.240 e. The molecule has 29 heavy (non-hydrogen) atoms. The average Bonchev–Trinajstić information content (AvgIpc) is 3.13. The lowest BCUT2D eigenvalue weighted by molar-refractivity contribution is -0.131. The minimum atomic E-state index is -0.471. The first-order valence-electron chi connectivity index (χ1n) is 9.60. The van der Waals surface area contributed by atoms with E-state index >= 15 is 0 Å². The number of carbonyl (C=O) groups is 1. The number of aromatic nitrogens is 3. The van der Waals surface area contributed by atoms with Gasteiger partial charge in [-0.2, -0.15) is 0 Å². The van der Waals surface area contributed by atoms with Gasteiger partial charge in [-0.15, -0.1) is 10.2 Å². The second kappa shape index (κ2) is 8.65. The fourth-order valence-electron chi connectivity index (χ4n) is 3.46. The molecule has 1 amide bonds. The number of piperidine rings is 1. The molecule has 6 nitrogen and oxygen atoms in total. The predicted molar refractivity (Wildman–Crippen MR) is 111 cm³/mol. The first kappa shape index (κ1) is 19.4. The number of nitrogens with two attached hydrogens (primary N) is 1. The summed E-state index contributed by atoms with van der Waals surface area (Å²) in [6.45, 7) is 1.54. The largest absolute Gasteiger partial charge is 0.341 e. The van der Waals surface area contributed by atoms with Crippen molar-refractivity contribution in [3.63, 3.8) is 0 Å². The zero-order valence-corrected chi connectivity index (χ0v) is 16.7. The molecule has 1 atom stereocenters. The van der Waals surface area contributed by atoms with E-state index in [2.05, 4.69) is 10.2 Å². The molecule has 0 bridgehead atoms. The molecule has 1 aliphatic rings. The minimum absolute atomic E-state index is 0.0520. The van der Waals surface area contributed by atoms with E-state index in [0.29, 0.717) is 16.5 Å². The van der Waals surface area contributed by atoms with Crippen LogP contribution in [0.15, 0.2) is 59.8 Å². The van der Waals surface area contributed by atoms with Gasteiger partial charge in [-0.3, -0.25) is 4.79 Å². The molecule has 1 saturated heterocycles. The van der Waals surface area contributed by atoms with Crippen molar-refractivity contribution in [2.24, 2.45) is 0 Å². The second-order valence-electron chi connectivity index (χ2n) is 6.98. The summed E-state index contributed by atoms with van der Waals surface area (Å²) in [6, 6.07) is 15.7. The summed E-state index contributed by atoms with van der Waals surface area (Å²) in [5, 5.41) is 8.23. The van der Waals surface area contributed by atoms with Crippen molar-refractivity contribution in [1.29, 1.82) is 0 Å². The predicted octanol–water partition coefficient (Wildman–Crippen LogP) is 3.64. The van der Waals surface area contributed by atoms with Gasteiger partial charge in [0.15, 0.2) is 5.82 Å². The molecule has 2 heterocycles. The van der Waals surface area contributed by atoms with Crippen LogP contribution in [0.2, 0.25) is 0 Å². The van der Waals surface area contributed by atoms with Crippen molar-refractivity contribution in [2.75, 3.05) is 18.9 Å². The third-order valence-electron chi connectivity index (χ3n) is 4.96. The van der Waals surface area contributed by atoms with E-state index < -0.39 is 5.25 Å². The van der Waals surface area contributed by atoms with Crippen molar-refractivity contribution in [3.05, 3.63) is 66.0 Å². The third-order valence-corrected chi connectivity index (χ3v) is 6.16. The topological polar surface area (TPSA) is 77.0 Å². The molecule has 8 heteroatoms. The Balaban J connectivity index is 1.64. The van der Waals surface area contributed by atoms with Gasteiger partial charge < -0.3 is 10.7 Å². The number of rotatable bonds is 5. The SMILES string of the molecule is Nn1c(S[C@H](C(=O)N2CCCCC2)c2ccccc2)nnc1-c1cccc(F)c1. The van der Waals surface area contributed by atoms with Crippen LogP contribution in [0.5, 0.6) is 0 Å². The Morgan fingerprint density at radius 3 is 2.52 bits per heavy atom. The Hall–Kier alpha value is -2.87. The van der Waals surface area contributed by atoms with Crippen molar-refractivity contribution >= 4 is 17.7 Å². The number of amides is 1. The summed E-state index contributed by atoms with van der Waals surface area (Å²) in [7, 11) is 0. The zero-order valence-electron chi connectivity index (χ0n) is 15.9. The number of nitrogen functional groups attached to an aromatic ring is 1. The van der Waals surface area contributed by atoms with Gasteiger partial charge in [0, 0.05) is 18.7 Å². The van der Waals surface area contributed by atoms with Gasteiger partial charge in [0.1, 0.15) is 11.1 Å². The van der Waals surface area contributed by atoms with Gasteiger partial charge >= 0.3 is 0 Å². The van der Waals surface area contributed by atoms with Crippen molar-refractivity contribution in [2.45, 2.75) is 29.7 Å². The number of hydrogen-bond donors (Lipinski definition) is 1. The van der Waals surface area contributed by atoms with Crippen LogP contribution in [0, 0.1) is 5.82 Å². The maximum absolute atomic E-state index is 13.6. The smallest absolute Gasteiger partial charge is 0.240 e. The lowest BCUT2D eigenvalue weighted by atomic mass is 10.1. The number of hydrogen-bond acceptors (Lipinski definition) is 5. The van der Waals surface area contributed by atoms with Gasteiger partial charge in [-0.25, -0.2) is 9.07 Å². The number of likely N-dealkylation sites (tertiary alicyclic amines) is 1.